The van der Waals surface area contributed by atoms with Crippen molar-refractivity contribution in [1.82, 2.24) is 9.80 Å². The summed E-state index contributed by atoms with van der Waals surface area (Å²) in [4.78, 5) is 46.4. The van der Waals surface area contributed by atoms with Gasteiger partial charge in [-0.2, -0.15) is 0 Å². The van der Waals surface area contributed by atoms with Crippen LogP contribution in [0.2, 0.25) is 23.2 Å². The second kappa shape index (κ2) is 17.1. The average Bonchev–Trinajstić information content (AvgIpc) is 3.48. The highest BCUT2D eigenvalue weighted by Gasteiger charge is 2.66. The number of carbonyl (C=O) groups excluding carboxylic acids is 3. The Kier molecular flexibility index (Phi) is 13.5. The molecule has 2 fully saturated rings. The number of ether oxygens (including phenoxy) is 2. The summed E-state index contributed by atoms with van der Waals surface area (Å²) < 4.78 is 25.2. The predicted octanol–water partition coefficient (Wildman–Crippen LogP) is 8.47. The van der Waals surface area contributed by atoms with Crippen LogP contribution >= 0.6 is 0 Å². The minimum absolute atomic E-state index is 0.0187. The Hall–Kier alpha value is -3.26. The second-order valence-electron chi connectivity index (χ2n) is 20.0. The van der Waals surface area contributed by atoms with Crippen LogP contribution in [0.5, 0.6) is 0 Å². The summed E-state index contributed by atoms with van der Waals surface area (Å²) in [5, 5.41) is 2.41. The number of rotatable bonds is 13. The molecular formula is C46H70N2O7Si2. The molecule has 0 N–H and O–H groups in total. The summed E-state index contributed by atoms with van der Waals surface area (Å²) in [6.45, 7) is 25.6. The van der Waals surface area contributed by atoms with E-state index in [2.05, 4.69) is 115 Å². The molecule has 2 amide bonds. The molecule has 2 saturated heterocycles. The standard InChI is InChI=1S/C46H70N2O7Si2/c1-43(2,3)55-42(51)48-34(33-54-56(11,12)44(4,5)6)32-46-38(37(40(49)52-10)26-27-39(46)48)28-30-47(41(46)50)29-20-15-21-31-53-57(45(7,8)9,35-22-16-13-17-23-35)36-24-18-14-19-25-36/h13-14,16-19,22-26,34,38-39H,15,20-21,27-33H2,1-12H3/t34-,38+,39+,46+/m1/s1. The highest BCUT2D eigenvalue weighted by Crippen LogP contribution is 2.57. The number of methoxy groups -OCH3 is 1. The van der Waals surface area contributed by atoms with Crippen molar-refractivity contribution in [3.63, 3.8) is 0 Å². The van der Waals surface area contributed by atoms with E-state index >= 15 is 4.79 Å². The zero-order chi connectivity index (χ0) is 42.0. The lowest BCUT2D eigenvalue weighted by Crippen LogP contribution is -2.66. The van der Waals surface area contributed by atoms with Gasteiger partial charge in [-0.05, 0) is 92.8 Å². The summed E-state index contributed by atoms with van der Waals surface area (Å²) in [6, 6.07) is 20.6. The van der Waals surface area contributed by atoms with Crippen molar-refractivity contribution in [3.05, 3.63) is 72.3 Å². The predicted molar refractivity (Wildman–Crippen MR) is 233 cm³/mol. The number of esters is 1. The second-order valence-corrected chi connectivity index (χ2v) is 29.1. The van der Waals surface area contributed by atoms with Crippen LogP contribution < -0.4 is 10.4 Å². The normalized spacial score (nSPS) is 23.1. The number of hydrogen-bond donors (Lipinski definition) is 0. The van der Waals surface area contributed by atoms with Gasteiger partial charge in [0.25, 0.3) is 8.32 Å². The molecule has 2 heterocycles. The van der Waals surface area contributed by atoms with Crippen molar-refractivity contribution < 1.29 is 32.7 Å². The lowest BCUT2D eigenvalue weighted by atomic mass is 9.59. The van der Waals surface area contributed by atoms with Gasteiger partial charge in [0.2, 0.25) is 5.91 Å². The summed E-state index contributed by atoms with van der Waals surface area (Å²) in [5.41, 5.74) is -1.15. The maximum atomic E-state index is 15.2. The van der Waals surface area contributed by atoms with E-state index in [0.717, 1.165) is 19.3 Å². The molecule has 314 valence electrons. The fourth-order valence-corrected chi connectivity index (χ4v) is 15.0. The van der Waals surface area contributed by atoms with Crippen LogP contribution in [-0.4, -0.2) is 95.5 Å². The number of hydrogen-bond acceptors (Lipinski definition) is 7. The molecule has 0 radical (unpaired) electrons. The lowest BCUT2D eigenvalue weighted by Gasteiger charge is -2.51. The first-order chi connectivity index (χ1) is 26.6. The molecule has 1 aliphatic carbocycles. The lowest BCUT2D eigenvalue weighted by molar-refractivity contribution is -0.154. The van der Waals surface area contributed by atoms with Crippen LogP contribution in [0.3, 0.4) is 0 Å². The first kappa shape index (κ1) is 44.8. The molecule has 5 rings (SSSR count). The van der Waals surface area contributed by atoms with Crippen molar-refractivity contribution in [2.75, 3.05) is 33.4 Å². The number of piperidine rings is 1. The molecule has 0 aromatic heterocycles. The van der Waals surface area contributed by atoms with Crippen LogP contribution in [0.25, 0.3) is 0 Å². The summed E-state index contributed by atoms with van der Waals surface area (Å²) in [7, 11) is -3.44. The monoisotopic (exact) mass is 818 g/mol. The first-order valence-electron chi connectivity index (χ1n) is 21.1. The van der Waals surface area contributed by atoms with Crippen LogP contribution in [0.1, 0.15) is 101 Å². The number of benzene rings is 2. The first-order valence-corrected chi connectivity index (χ1v) is 25.9. The Morgan fingerprint density at radius 1 is 0.825 bits per heavy atom. The Morgan fingerprint density at radius 3 is 1.95 bits per heavy atom. The number of nitrogens with zero attached hydrogens (tertiary/aromatic N) is 2. The Labute approximate surface area is 345 Å². The Balaban J connectivity index is 1.36. The maximum Gasteiger partial charge on any atom is 0.410 e. The van der Waals surface area contributed by atoms with Crippen LogP contribution in [0.15, 0.2) is 72.3 Å². The Morgan fingerprint density at radius 2 is 1.42 bits per heavy atom. The summed E-state index contributed by atoms with van der Waals surface area (Å²) in [6.07, 6.45) is 5.48. The van der Waals surface area contributed by atoms with Gasteiger partial charge in [-0.25, -0.2) is 9.59 Å². The molecule has 0 unspecified atom stereocenters. The molecule has 9 nitrogen and oxygen atoms in total. The molecular weight excluding hydrogens is 749 g/mol. The molecule has 3 aliphatic rings. The van der Waals surface area contributed by atoms with Gasteiger partial charge in [-0.3, -0.25) is 9.69 Å². The third kappa shape index (κ3) is 9.01. The number of carbonyl (C=O) groups is 3. The largest absolute Gasteiger partial charge is 0.466 e. The molecule has 2 aromatic rings. The van der Waals surface area contributed by atoms with Crippen molar-refractivity contribution >= 4 is 45.0 Å². The summed E-state index contributed by atoms with van der Waals surface area (Å²) >= 11 is 0. The molecule has 0 bridgehead atoms. The molecule has 57 heavy (non-hydrogen) atoms. The van der Waals surface area contributed by atoms with Crippen LogP contribution in [-0.2, 0) is 27.9 Å². The number of amides is 2. The third-order valence-corrected chi connectivity index (χ3v) is 22.6. The summed E-state index contributed by atoms with van der Waals surface area (Å²) in [5.74, 6) is -0.745. The molecule has 4 atom stereocenters. The fourth-order valence-electron chi connectivity index (χ4n) is 9.33. The van der Waals surface area contributed by atoms with E-state index in [-0.39, 0.29) is 27.9 Å². The third-order valence-electron chi connectivity index (χ3n) is 13.1. The minimum Gasteiger partial charge on any atom is -0.466 e. The van der Waals surface area contributed by atoms with Crippen molar-refractivity contribution in [3.8, 4) is 0 Å². The zero-order valence-electron chi connectivity index (χ0n) is 36.9. The van der Waals surface area contributed by atoms with Gasteiger partial charge in [-0.1, -0.05) is 108 Å². The van der Waals surface area contributed by atoms with Gasteiger partial charge < -0.3 is 23.2 Å². The van der Waals surface area contributed by atoms with Gasteiger partial charge >= 0.3 is 12.1 Å². The highest BCUT2D eigenvalue weighted by atomic mass is 28.4. The van der Waals surface area contributed by atoms with Gasteiger partial charge in [0.15, 0.2) is 8.32 Å². The smallest absolute Gasteiger partial charge is 0.410 e. The fraction of sp³-hybridized carbons (Fsp3) is 0.630. The topological polar surface area (TPSA) is 94.6 Å². The molecule has 1 spiro atoms. The van der Waals surface area contributed by atoms with Gasteiger partial charge in [-0.15, -0.1) is 0 Å². The highest BCUT2D eigenvalue weighted by molar-refractivity contribution is 6.99. The number of likely N-dealkylation sites (tertiary alicyclic amines) is 2. The quantitative estimate of drug-likeness (QED) is 0.114. The maximum absolute atomic E-state index is 15.2. The van der Waals surface area contributed by atoms with E-state index in [4.69, 9.17) is 18.3 Å². The SMILES string of the molecule is COC(=O)C1=CC[C@@H]2N(C(=O)OC(C)(C)C)[C@@H](CO[Si](C)(C)C(C)(C)C)C[C@@]23C(=O)N(CCCCCO[Si](c2ccccc2)(c2ccccc2)C(C)(C)C)CC[C@@H]13. The van der Waals surface area contributed by atoms with Crippen molar-refractivity contribution in [2.24, 2.45) is 11.3 Å². The molecule has 0 saturated carbocycles. The van der Waals surface area contributed by atoms with Crippen molar-refractivity contribution in [1.29, 1.82) is 0 Å². The van der Waals surface area contributed by atoms with E-state index in [0.29, 0.717) is 51.1 Å². The van der Waals surface area contributed by atoms with E-state index in [1.807, 2.05) is 31.7 Å². The molecule has 11 heteroatoms. The van der Waals surface area contributed by atoms with E-state index < -0.39 is 45.8 Å². The van der Waals surface area contributed by atoms with Gasteiger partial charge in [0.05, 0.1) is 31.2 Å². The van der Waals surface area contributed by atoms with Gasteiger partial charge in [0, 0.05) is 31.2 Å². The Bertz CT molecular complexity index is 1710. The van der Waals surface area contributed by atoms with E-state index in [1.54, 1.807) is 4.90 Å². The average molecular weight is 819 g/mol. The number of unbranched alkanes of at least 4 members (excludes halogenated alkanes) is 2. The van der Waals surface area contributed by atoms with Crippen LogP contribution in [0.4, 0.5) is 4.79 Å². The minimum atomic E-state index is -2.63. The molecule has 2 aromatic carbocycles. The molecule has 2 aliphatic heterocycles. The van der Waals surface area contributed by atoms with Crippen molar-refractivity contribution in [2.45, 2.75) is 142 Å². The van der Waals surface area contributed by atoms with E-state index in [9.17, 15) is 9.59 Å². The zero-order valence-corrected chi connectivity index (χ0v) is 38.9. The van der Waals surface area contributed by atoms with E-state index in [1.165, 1.54) is 17.5 Å². The van der Waals surface area contributed by atoms with Gasteiger partial charge in [0.1, 0.15) is 5.60 Å². The van der Waals surface area contributed by atoms with Crippen LogP contribution in [0, 0.1) is 11.3 Å².